The summed E-state index contributed by atoms with van der Waals surface area (Å²) in [5.74, 6) is -0.713. The highest BCUT2D eigenvalue weighted by molar-refractivity contribution is 6.05. The van der Waals surface area contributed by atoms with Crippen LogP contribution < -0.4 is 10.1 Å². The van der Waals surface area contributed by atoms with Crippen LogP contribution in [0.1, 0.15) is 5.56 Å². The number of halogens is 1. The number of methoxy groups -OCH3 is 1. The fourth-order valence-electron chi connectivity index (χ4n) is 2.27. The first-order valence-electron chi connectivity index (χ1n) is 7.48. The summed E-state index contributed by atoms with van der Waals surface area (Å²) in [6, 6.07) is 13.7. The molecule has 0 aliphatic carbocycles. The number of rotatable bonds is 5. The molecule has 0 aliphatic heterocycles. The Morgan fingerprint density at radius 1 is 1.24 bits per heavy atom. The zero-order valence-corrected chi connectivity index (χ0v) is 13.4. The van der Waals surface area contributed by atoms with E-state index in [2.05, 4.69) is 10.3 Å². The number of benzene rings is 2. The molecule has 6 heteroatoms. The predicted octanol–water partition coefficient (Wildman–Crippen LogP) is 4.30. The second-order valence-corrected chi connectivity index (χ2v) is 5.14. The Bertz CT molecular complexity index is 890. The van der Waals surface area contributed by atoms with Gasteiger partial charge in [-0.25, -0.2) is 9.37 Å². The van der Waals surface area contributed by atoms with Crippen LogP contribution in [0.3, 0.4) is 0 Å². The van der Waals surface area contributed by atoms with Crippen molar-refractivity contribution in [2.75, 3.05) is 12.4 Å². The molecule has 0 atom stereocenters. The molecule has 25 heavy (non-hydrogen) atoms. The fourth-order valence-corrected chi connectivity index (χ4v) is 2.27. The van der Waals surface area contributed by atoms with Crippen LogP contribution in [0, 0.1) is 0 Å². The zero-order chi connectivity index (χ0) is 17.6. The highest BCUT2D eigenvalue weighted by Gasteiger charge is 2.13. The van der Waals surface area contributed by atoms with Crippen LogP contribution in [0.25, 0.3) is 17.4 Å². The summed E-state index contributed by atoms with van der Waals surface area (Å²) in [6.45, 7) is 0. The van der Waals surface area contributed by atoms with E-state index in [1.807, 2.05) is 6.07 Å². The Morgan fingerprint density at radius 3 is 2.72 bits per heavy atom. The Kier molecular flexibility index (Phi) is 4.89. The molecule has 0 spiro atoms. The van der Waals surface area contributed by atoms with Crippen LogP contribution in [0.5, 0.6) is 5.75 Å². The van der Waals surface area contributed by atoms with Crippen molar-refractivity contribution >= 4 is 17.7 Å². The lowest BCUT2D eigenvalue weighted by Gasteiger charge is -2.09. The first-order valence-corrected chi connectivity index (χ1v) is 7.48. The number of ether oxygens (including phenoxy) is 1. The second kappa shape index (κ2) is 7.44. The minimum Gasteiger partial charge on any atom is -0.496 e. The van der Waals surface area contributed by atoms with E-state index in [1.165, 1.54) is 19.6 Å². The van der Waals surface area contributed by atoms with Gasteiger partial charge >= 0.3 is 0 Å². The first kappa shape index (κ1) is 16.4. The number of aromatic nitrogens is 1. The van der Waals surface area contributed by atoms with Gasteiger partial charge in [-0.15, -0.1) is 0 Å². The number of nitrogens with one attached hydrogen (secondary N) is 1. The van der Waals surface area contributed by atoms with Gasteiger partial charge in [0.15, 0.2) is 18.0 Å². The number of hydrogen-bond donors (Lipinski definition) is 1. The van der Waals surface area contributed by atoms with E-state index < -0.39 is 11.7 Å². The van der Waals surface area contributed by atoms with Gasteiger partial charge in [0.2, 0.25) is 0 Å². The molecule has 3 aromatic rings. The summed E-state index contributed by atoms with van der Waals surface area (Å²) in [6.07, 6.45) is 4.04. The van der Waals surface area contributed by atoms with Crippen molar-refractivity contribution in [3.8, 4) is 17.1 Å². The number of oxazole rings is 1. The van der Waals surface area contributed by atoms with Crippen LogP contribution in [0.4, 0.5) is 10.1 Å². The molecule has 0 fully saturated rings. The summed E-state index contributed by atoms with van der Waals surface area (Å²) in [5, 5.41) is 2.50. The second-order valence-electron chi connectivity index (χ2n) is 5.14. The Morgan fingerprint density at radius 2 is 2.04 bits per heavy atom. The van der Waals surface area contributed by atoms with Crippen LogP contribution in [0.2, 0.25) is 0 Å². The van der Waals surface area contributed by atoms with Gasteiger partial charge in [0.05, 0.1) is 18.9 Å². The number of anilines is 1. The zero-order valence-electron chi connectivity index (χ0n) is 13.4. The third-order valence-corrected chi connectivity index (χ3v) is 3.47. The minimum absolute atomic E-state index is 0.404. The van der Waals surface area contributed by atoms with Crippen molar-refractivity contribution in [2.24, 2.45) is 0 Å². The van der Waals surface area contributed by atoms with E-state index in [0.717, 1.165) is 0 Å². The molecule has 126 valence electrons. The summed E-state index contributed by atoms with van der Waals surface area (Å²) >= 11 is 0. The highest BCUT2D eigenvalue weighted by atomic mass is 19.1. The largest absolute Gasteiger partial charge is 0.496 e. The average molecular weight is 338 g/mol. The molecular formula is C19H15FN2O3. The lowest BCUT2D eigenvalue weighted by molar-refractivity contribution is -0.114. The molecule has 3 rings (SSSR count). The van der Waals surface area contributed by atoms with Crippen LogP contribution >= 0.6 is 0 Å². The van der Waals surface area contributed by atoms with E-state index in [4.69, 9.17) is 9.15 Å². The van der Waals surface area contributed by atoms with Gasteiger partial charge in [0.1, 0.15) is 5.75 Å². The number of hydrogen-bond acceptors (Lipinski definition) is 4. The Hall–Kier alpha value is -3.41. The van der Waals surface area contributed by atoms with Crippen molar-refractivity contribution < 1.29 is 18.3 Å². The van der Waals surface area contributed by atoms with E-state index in [-0.39, 0.29) is 0 Å². The van der Waals surface area contributed by atoms with E-state index in [1.54, 1.807) is 48.7 Å². The lowest BCUT2D eigenvalue weighted by Crippen LogP contribution is -2.12. The third kappa shape index (κ3) is 3.92. The maximum Gasteiger partial charge on any atom is 0.284 e. The van der Waals surface area contributed by atoms with Crippen molar-refractivity contribution in [1.82, 2.24) is 4.98 Å². The molecule has 0 unspecified atom stereocenters. The standard InChI is InChI=1S/C19H15FN2O3/c1-24-17-10-14(7-8-15(17)18-11-21-12-25-18)22-19(23)16(20)9-13-5-3-2-4-6-13/h2-12H,1H3,(H,22,23)/b16-9+. The van der Waals surface area contributed by atoms with Crippen LogP contribution in [0.15, 0.2) is 71.4 Å². The van der Waals surface area contributed by atoms with Gasteiger partial charge in [-0.1, -0.05) is 30.3 Å². The highest BCUT2D eigenvalue weighted by Crippen LogP contribution is 2.32. The van der Waals surface area contributed by atoms with Crippen molar-refractivity contribution in [3.63, 3.8) is 0 Å². The predicted molar refractivity (Wildman–Crippen MR) is 92.6 cm³/mol. The van der Waals surface area contributed by atoms with Crippen molar-refractivity contribution in [3.05, 3.63) is 72.5 Å². The summed E-state index contributed by atoms with van der Waals surface area (Å²) in [4.78, 5) is 15.9. The summed E-state index contributed by atoms with van der Waals surface area (Å²) in [5.41, 5.74) is 1.69. The Labute approximate surface area is 143 Å². The fraction of sp³-hybridized carbons (Fsp3) is 0.0526. The number of carbonyl (C=O) groups is 1. The van der Waals surface area contributed by atoms with Crippen LogP contribution in [-0.2, 0) is 4.79 Å². The number of carbonyl (C=O) groups excluding carboxylic acids is 1. The molecule has 0 bridgehead atoms. The quantitative estimate of drug-likeness (QED) is 0.705. The summed E-state index contributed by atoms with van der Waals surface area (Å²) in [7, 11) is 1.50. The molecule has 1 heterocycles. The van der Waals surface area contributed by atoms with Crippen LogP contribution in [-0.4, -0.2) is 18.0 Å². The van der Waals surface area contributed by atoms with E-state index in [9.17, 15) is 9.18 Å². The maximum atomic E-state index is 14.0. The van der Waals surface area contributed by atoms with Crippen molar-refractivity contribution in [1.29, 1.82) is 0 Å². The lowest BCUT2D eigenvalue weighted by atomic mass is 10.1. The molecule has 0 aliphatic rings. The van der Waals surface area contributed by atoms with Gasteiger partial charge < -0.3 is 14.5 Å². The number of nitrogens with zero attached hydrogens (tertiary/aromatic N) is 1. The van der Waals surface area contributed by atoms with E-state index in [0.29, 0.717) is 28.3 Å². The average Bonchev–Trinajstić information content (AvgIpc) is 3.16. The molecule has 0 saturated heterocycles. The molecule has 5 nitrogen and oxygen atoms in total. The molecule has 0 radical (unpaired) electrons. The maximum absolute atomic E-state index is 14.0. The summed E-state index contributed by atoms with van der Waals surface area (Å²) < 4.78 is 24.6. The van der Waals surface area contributed by atoms with Gasteiger partial charge in [-0.3, -0.25) is 4.79 Å². The van der Waals surface area contributed by atoms with E-state index >= 15 is 0 Å². The van der Waals surface area contributed by atoms with Gasteiger partial charge in [-0.05, 0) is 23.8 Å². The SMILES string of the molecule is COc1cc(NC(=O)/C(F)=C\c2ccccc2)ccc1-c1cnco1. The third-order valence-electron chi connectivity index (χ3n) is 3.47. The molecular weight excluding hydrogens is 323 g/mol. The van der Waals surface area contributed by atoms with Gasteiger partial charge in [0.25, 0.3) is 5.91 Å². The monoisotopic (exact) mass is 338 g/mol. The topological polar surface area (TPSA) is 64.4 Å². The van der Waals surface area contributed by atoms with Gasteiger partial charge in [0, 0.05) is 11.8 Å². The normalized spacial score (nSPS) is 11.2. The van der Waals surface area contributed by atoms with Crippen molar-refractivity contribution in [2.45, 2.75) is 0 Å². The van der Waals surface area contributed by atoms with Gasteiger partial charge in [-0.2, -0.15) is 0 Å². The smallest absolute Gasteiger partial charge is 0.284 e. The minimum atomic E-state index is -0.885. The number of amides is 1. The first-order chi connectivity index (χ1) is 12.2. The molecule has 1 aromatic heterocycles. The molecule has 1 amide bonds. The Balaban J connectivity index is 1.78. The molecule has 2 aromatic carbocycles. The molecule has 0 saturated carbocycles. The molecule has 1 N–H and O–H groups in total.